The van der Waals surface area contributed by atoms with Gasteiger partial charge in [0, 0.05) is 16.1 Å². The lowest BCUT2D eigenvalue weighted by Gasteiger charge is -2.26. The van der Waals surface area contributed by atoms with E-state index in [1.807, 2.05) is 24.3 Å². The molecule has 0 bridgehead atoms. The summed E-state index contributed by atoms with van der Waals surface area (Å²) in [5.41, 5.74) is 0.800. The van der Waals surface area contributed by atoms with Crippen LogP contribution in [-0.2, 0) is 0 Å². The Bertz CT molecular complexity index is 413. The normalized spacial score (nSPS) is 16.4. The minimum absolute atomic E-state index is 0.219. The summed E-state index contributed by atoms with van der Waals surface area (Å²) in [7, 11) is 0. The first kappa shape index (κ1) is 13.8. The predicted octanol–water partition coefficient (Wildman–Crippen LogP) is 3.90. The summed E-state index contributed by atoms with van der Waals surface area (Å²) in [5.74, 6) is 0.219. The molecule has 1 fully saturated rings. The zero-order chi connectivity index (χ0) is 13.0. The highest BCUT2D eigenvalue weighted by molar-refractivity contribution is 9.10. The van der Waals surface area contributed by atoms with Crippen LogP contribution in [0.5, 0.6) is 0 Å². The second-order valence-corrected chi connectivity index (χ2v) is 5.76. The van der Waals surface area contributed by atoms with Gasteiger partial charge in [0.2, 0.25) is 0 Å². The van der Waals surface area contributed by atoms with Crippen molar-refractivity contribution in [1.29, 1.82) is 0 Å². The van der Waals surface area contributed by atoms with Gasteiger partial charge in [-0.15, -0.1) is 0 Å². The van der Waals surface area contributed by atoms with Crippen LogP contribution >= 0.6 is 15.9 Å². The topological polar surface area (TPSA) is 20.3 Å². The summed E-state index contributed by atoms with van der Waals surface area (Å²) in [6.45, 7) is 3.65. The number of Topliss-reactive ketones (excluding diaryl/α,β-unsaturated/α-hetero) is 1. The number of likely N-dealkylation sites (N-methyl/N-ethyl adjacent to an activating group) is 1. The lowest BCUT2D eigenvalue weighted by Crippen LogP contribution is -2.37. The average molecular weight is 310 g/mol. The molecule has 1 aromatic rings. The average Bonchev–Trinajstić information content (AvgIpc) is 2.90. The largest absolute Gasteiger partial charge is 0.293 e. The Balaban J connectivity index is 2.03. The van der Waals surface area contributed by atoms with Crippen LogP contribution in [0, 0.1) is 0 Å². The third-order valence-electron chi connectivity index (χ3n) is 3.77. The van der Waals surface area contributed by atoms with Crippen LogP contribution in [0.15, 0.2) is 28.7 Å². The molecule has 0 amide bonds. The van der Waals surface area contributed by atoms with Crippen LogP contribution in [0.2, 0.25) is 0 Å². The van der Waals surface area contributed by atoms with Gasteiger partial charge in [-0.3, -0.25) is 9.69 Å². The lowest BCUT2D eigenvalue weighted by atomic mass is 10.1. The zero-order valence-electron chi connectivity index (χ0n) is 10.9. The highest BCUT2D eigenvalue weighted by Crippen LogP contribution is 2.24. The highest BCUT2D eigenvalue weighted by Gasteiger charge is 2.23. The molecule has 0 saturated heterocycles. The Morgan fingerprint density at radius 2 is 2.00 bits per heavy atom. The summed E-state index contributed by atoms with van der Waals surface area (Å²) < 4.78 is 0.900. The molecule has 1 aromatic carbocycles. The first-order valence-electron chi connectivity index (χ1n) is 6.74. The van der Waals surface area contributed by atoms with Gasteiger partial charge in [-0.1, -0.05) is 53.9 Å². The van der Waals surface area contributed by atoms with E-state index in [1.165, 1.54) is 25.7 Å². The maximum atomic E-state index is 12.3. The van der Waals surface area contributed by atoms with Gasteiger partial charge in [-0.25, -0.2) is 0 Å². The van der Waals surface area contributed by atoms with Gasteiger partial charge in [0.15, 0.2) is 5.78 Å². The van der Waals surface area contributed by atoms with E-state index < -0.39 is 0 Å². The standard InChI is InChI=1S/C15H20BrNO/c1-2-17(12-7-3-4-8-12)11-15(18)13-9-5-6-10-14(13)16/h5-6,9-10,12H,2-4,7-8,11H2,1H3. The van der Waals surface area contributed by atoms with E-state index >= 15 is 0 Å². The van der Waals surface area contributed by atoms with Gasteiger partial charge < -0.3 is 0 Å². The van der Waals surface area contributed by atoms with Crippen molar-refractivity contribution < 1.29 is 4.79 Å². The zero-order valence-corrected chi connectivity index (χ0v) is 12.4. The van der Waals surface area contributed by atoms with E-state index in [2.05, 4.69) is 27.8 Å². The van der Waals surface area contributed by atoms with Crippen LogP contribution in [0.25, 0.3) is 0 Å². The Morgan fingerprint density at radius 1 is 1.33 bits per heavy atom. The van der Waals surface area contributed by atoms with Gasteiger partial charge in [0.25, 0.3) is 0 Å². The smallest absolute Gasteiger partial charge is 0.177 e. The Kier molecular flexibility index (Phi) is 4.95. The number of halogens is 1. The lowest BCUT2D eigenvalue weighted by molar-refractivity contribution is 0.0898. The molecule has 0 aliphatic heterocycles. The van der Waals surface area contributed by atoms with Crippen molar-refractivity contribution in [2.75, 3.05) is 13.1 Å². The summed E-state index contributed by atoms with van der Waals surface area (Å²) in [4.78, 5) is 14.6. The fourth-order valence-electron chi connectivity index (χ4n) is 2.73. The highest BCUT2D eigenvalue weighted by atomic mass is 79.9. The van der Waals surface area contributed by atoms with Crippen LogP contribution in [0.4, 0.5) is 0 Å². The van der Waals surface area contributed by atoms with Gasteiger partial charge in [0.1, 0.15) is 0 Å². The molecule has 1 saturated carbocycles. The van der Waals surface area contributed by atoms with E-state index in [0.717, 1.165) is 16.6 Å². The number of hydrogen-bond donors (Lipinski definition) is 0. The SMILES string of the molecule is CCN(CC(=O)c1ccccc1Br)C1CCCC1. The molecule has 0 radical (unpaired) electrons. The number of carbonyl (C=O) groups is 1. The van der Waals surface area contributed by atoms with Crippen molar-refractivity contribution in [3.63, 3.8) is 0 Å². The van der Waals surface area contributed by atoms with Gasteiger partial charge in [0.05, 0.1) is 6.54 Å². The van der Waals surface area contributed by atoms with Crippen molar-refractivity contribution in [2.45, 2.75) is 38.6 Å². The second kappa shape index (κ2) is 6.48. The molecule has 98 valence electrons. The molecule has 0 unspecified atom stereocenters. The quantitative estimate of drug-likeness (QED) is 0.769. The number of rotatable bonds is 5. The van der Waals surface area contributed by atoms with Crippen molar-refractivity contribution in [3.8, 4) is 0 Å². The molecular formula is C15H20BrNO. The molecular weight excluding hydrogens is 290 g/mol. The minimum atomic E-state index is 0.219. The molecule has 0 atom stereocenters. The number of ketones is 1. The first-order valence-corrected chi connectivity index (χ1v) is 7.53. The number of hydrogen-bond acceptors (Lipinski definition) is 2. The van der Waals surface area contributed by atoms with Crippen molar-refractivity contribution in [1.82, 2.24) is 4.90 Å². The number of nitrogens with zero attached hydrogens (tertiary/aromatic N) is 1. The number of benzene rings is 1. The Labute approximate surface area is 117 Å². The maximum Gasteiger partial charge on any atom is 0.177 e. The Hall–Kier alpha value is -0.670. The van der Waals surface area contributed by atoms with Gasteiger partial charge in [-0.2, -0.15) is 0 Å². The van der Waals surface area contributed by atoms with Crippen LogP contribution in [-0.4, -0.2) is 29.8 Å². The van der Waals surface area contributed by atoms with E-state index in [9.17, 15) is 4.79 Å². The molecule has 0 N–H and O–H groups in total. The molecule has 1 aliphatic rings. The summed E-state index contributed by atoms with van der Waals surface area (Å²) >= 11 is 3.45. The van der Waals surface area contributed by atoms with Crippen LogP contribution in [0.1, 0.15) is 43.0 Å². The molecule has 0 spiro atoms. The van der Waals surface area contributed by atoms with Crippen LogP contribution in [0.3, 0.4) is 0 Å². The molecule has 0 heterocycles. The Morgan fingerprint density at radius 3 is 2.61 bits per heavy atom. The predicted molar refractivity (Wildman–Crippen MR) is 78.0 cm³/mol. The summed E-state index contributed by atoms with van der Waals surface area (Å²) in [6.07, 6.45) is 5.11. The van der Waals surface area contributed by atoms with E-state index in [1.54, 1.807) is 0 Å². The van der Waals surface area contributed by atoms with Gasteiger partial charge >= 0.3 is 0 Å². The monoisotopic (exact) mass is 309 g/mol. The minimum Gasteiger partial charge on any atom is -0.293 e. The molecule has 1 aliphatic carbocycles. The van der Waals surface area contributed by atoms with Gasteiger partial charge in [-0.05, 0) is 25.5 Å². The molecule has 0 aromatic heterocycles. The first-order chi connectivity index (χ1) is 8.72. The maximum absolute atomic E-state index is 12.3. The fourth-order valence-corrected chi connectivity index (χ4v) is 3.23. The summed E-state index contributed by atoms with van der Waals surface area (Å²) in [5, 5.41) is 0. The van der Waals surface area contributed by atoms with E-state index in [-0.39, 0.29) is 5.78 Å². The molecule has 18 heavy (non-hydrogen) atoms. The summed E-state index contributed by atoms with van der Waals surface area (Å²) in [6, 6.07) is 8.30. The molecule has 3 heteroatoms. The fraction of sp³-hybridized carbons (Fsp3) is 0.533. The van der Waals surface area contributed by atoms with E-state index in [0.29, 0.717) is 12.6 Å². The molecule has 2 rings (SSSR count). The van der Waals surface area contributed by atoms with E-state index in [4.69, 9.17) is 0 Å². The van der Waals surface area contributed by atoms with Crippen LogP contribution < -0.4 is 0 Å². The second-order valence-electron chi connectivity index (χ2n) is 4.90. The van der Waals surface area contributed by atoms with Crippen molar-refractivity contribution >= 4 is 21.7 Å². The van der Waals surface area contributed by atoms with Crippen molar-refractivity contribution in [2.24, 2.45) is 0 Å². The third-order valence-corrected chi connectivity index (χ3v) is 4.46. The number of carbonyl (C=O) groups excluding carboxylic acids is 1. The third kappa shape index (κ3) is 3.21. The van der Waals surface area contributed by atoms with Crippen molar-refractivity contribution in [3.05, 3.63) is 34.3 Å². The molecule has 2 nitrogen and oxygen atoms in total.